The molecule has 2 fully saturated rings. The molecule has 1 heterocycles. The largest absolute Gasteiger partial charge is 0.389 e. The molecule has 3 atom stereocenters. The molecule has 0 bridgehead atoms. The maximum atomic E-state index is 12.1. The van der Waals surface area contributed by atoms with Crippen molar-refractivity contribution in [1.82, 2.24) is 4.90 Å². The average Bonchev–Trinajstić information content (AvgIpc) is 2.85. The van der Waals surface area contributed by atoms with Gasteiger partial charge in [0.1, 0.15) is 5.78 Å². The van der Waals surface area contributed by atoms with Gasteiger partial charge in [-0.25, -0.2) is 0 Å². The molecule has 0 spiro atoms. The molecule has 3 unspecified atom stereocenters. The summed E-state index contributed by atoms with van der Waals surface area (Å²) in [6.45, 7) is 4.64. The Bertz CT molecular complexity index is 295. The number of Topliss-reactive ketones (excluding diaryl/α,β-unsaturated/α-hetero) is 1. The summed E-state index contributed by atoms with van der Waals surface area (Å²) in [6.07, 6.45) is 5.88. The molecule has 0 amide bonds. The van der Waals surface area contributed by atoms with Crippen LogP contribution in [0, 0.1) is 5.92 Å². The van der Waals surface area contributed by atoms with Crippen LogP contribution in [-0.2, 0) is 9.53 Å². The number of aliphatic hydroxyl groups excluding tert-OH is 1. The molecule has 1 saturated carbocycles. The maximum absolute atomic E-state index is 12.1. The standard InChI is InChI=1S/C15H27NO3/c1-2-19-11-12(17)10-16-9-5-7-14(16)13-6-3-4-8-15(13)18/h12-14,17H,2-11H2,1H3. The summed E-state index contributed by atoms with van der Waals surface area (Å²) >= 11 is 0. The molecule has 0 aromatic carbocycles. The molecule has 19 heavy (non-hydrogen) atoms. The Kier molecular flexibility index (Phi) is 5.79. The second kappa shape index (κ2) is 7.36. The third-order valence-electron chi connectivity index (χ3n) is 4.44. The Morgan fingerprint density at radius 1 is 1.37 bits per heavy atom. The van der Waals surface area contributed by atoms with E-state index in [1.807, 2.05) is 6.92 Å². The lowest BCUT2D eigenvalue weighted by atomic mass is 9.82. The SMILES string of the molecule is CCOCC(O)CN1CCCC1C1CCCCC1=O. The zero-order valence-corrected chi connectivity index (χ0v) is 12.0. The van der Waals surface area contributed by atoms with Crippen molar-refractivity contribution in [3.63, 3.8) is 0 Å². The molecular formula is C15H27NO3. The second-order valence-corrected chi connectivity index (χ2v) is 5.84. The summed E-state index contributed by atoms with van der Waals surface area (Å²) in [4.78, 5) is 14.4. The Hall–Kier alpha value is -0.450. The van der Waals surface area contributed by atoms with Crippen molar-refractivity contribution in [3.8, 4) is 0 Å². The molecule has 4 heteroatoms. The van der Waals surface area contributed by atoms with Crippen molar-refractivity contribution in [3.05, 3.63) is 0 Å². The highest BCUT2D eigenvalue weighted by molar-refractivity contribution is 5.82. The zero-order valence-electron chi connectivity index (χ0n) is 12.0. The number of carbonyl (C=O) groups is 1. The fraction of sp³-hybridized carbons (Fsp3) is 0.933. The van der Waals surface area contributed by atoms with Crippen LogP contribution in [0.2, 0.25) is 0 Å². The number of nitrogens with zero attached hydrogens (tertiary/aromatic N) is 1. The minimum Gasteiger partial charge on any atom is -0.389 e. The quantitative estimate of drug-likeness (QED) is 0.796. The van der Waals surface area contributed by atoms with Crippen LogP contribution in [0.15, 0.2) is 0 Å². The van der Waals surface area contributed by atoms with Crippen LogP contribution in [0.5, 0.6) is 0 Å². The third-order valence-corrected chi connectivity index (χ3v) is 4.44. The first-order valence-corrected chi connectivity index (χ1v) is 7.75. The van der Waals surface area contributed by atoms with Crippen LogP contribution < -0.4 is 0 Å². The average molecular weight is 269 g/mol. The van der Waals surface area contributed by atoms with Crippen molar-refractivity contribution < 1.29 is 14.6 Å². The van der Waals surface area contributed by atoms with Crippen LogP contribution >= 0.6 is 0 Å². The lowest BCUT2D eigenvalue weighted by Gasteiger charge is -2.34. The lowest BCUT2D eigenvalue weighted by molar-refractivity contribution is -0.127. The van der Waals surface area contributed by atoms with E-state index >= 15 is 0 Å². The monoisotopic (exact) mass is 269 g/mol. The van der Waals surface area contributed by atoms with E-state index in [4.69, 9.17) is 4.74 Å². The van der Waals surface area contributed by atoms with Crippen molar-refractivity contribution in [2.75, 3.05) is 26.3 Å². The Labute approximate surface area is 116 Å². The molecule has 2 aliphatic rings. The van der Waals surface area contributed by atoms with E-state index in [1.54, 1.807) is 0 Å². The van der Waals surface area contributed by atoms with Crippen molar-refractivity contribution in [1.29, 1.82) is 0 Å². The summed E-state index contributed by atoms with van der Waals surface area (Å²) in [6, 6.07) is 0.365. The first kappa shape index (κ1) is 14.9. The maximum Gasteiger partial charge on any atom is 0.137 e. The van der Waals surface area contributed by atoms with Gasteiger partial charge in [-0.05, 0) is 39.2 Å². The highest BCUT2D eigenvalue weighted by Gasteiger charge is 2.37. The number of ketones is 1. The van der Waals surface area contributed by atoms with E-state index in [0.29, 0.717) is 31.6 Å². The Balaban J connectivity index is 1.87. The summed E-state index contributed by atoms with van der Waals surface area (Å²) in [5.74, 6) is 0.665. The number of ether oxygens (including phenoxy) is 1. The zero-order chi connectivity index (χ0) is 13.7. The summed E-state index contributed by atoms with van der Waals surface area (Å²) in [5.41, 5.74) is 0. The van der Waals surface area contributed by atoms with E-state index in [-0.39, 0.29) is 5.92 Å². The summed E-state index contributed by atoms with van der Waals surface area (Å²) in [5, 5.41) is 9.97. The van der Waals surface area contributed by atoms with Gasteiger partial charge in [-0.3, -0.25) is 9.69 Å². The molecular weight excluding hydrogens is 242 g/mol. The fourth-order valence-electron chi connectivity index (χ4n) is 3.53. The van der Waals surface area contributed by atoms with Gasteiger partial charge in [0.25, 0.3) is 0 Å². The second-order valence-electron chi connectivity index (χ2n) is 5.84. The van der Waals surface area contributed by atoms with Crippen molar-refractivity contribution in [2.24, 2.45) is 5.92 Å². The Morgan fingerprint density at radius 3 is 2.95 bits per heavy atom. The smallest absolute Gasteiger partial charge is 0.137 e. The molecule has 0 radical (unpaired) electrons. The predicted octanol–water partition coefficient (Wildman–Crippen LogP) is 1.61. The van der Waals surface area contributed by atoms with E-state index in [2.05, 4.69) is 4.90 Å². The molecule has 0 aromatic rings. The number of rotatable bonds is 6. The van der Waals surface area contributed by atoms with E-state index in [0.717, 1.165) is 38.6 Å². The molecule has 2 rings (SSSR count). The first-order chi connectivity index (χ1) is 9.22. The molecule has 1 N–H and O–H groups in total. The van der Waals surface area contributed by atoms with Crippen LogP contribution in [0.25, 0.3) is 0 Å². The van der Waals surface area contributed by atoms with Gasteiger partial charge in [0.05, 0.1) is 12.7 Å². The molecule has 0 aromatic heterocycles. The van der Waals surface area contributed by atoms with Gasteiger partial charge in [-0.2, -0.15) is 0 Å². The number of β-amino-alcohol motifs (C(OH)–C–C–N with tert-alkyl or cyclic N) is 1. The van der Waals surface area contributed by atoms with Crippen LogP contribution in [0.4, 0.5) is 0 Å². The number of likely N-dealkylation sites (tertiary alicyclic amines) is 1. The van der Waals surface area contributed by atoms with Gasteiger partial charge in [-0.15, -0.1) is 0 Å². The van der Waals surface area contributed by atoms with Gasteiger partial charge in [-0.1, -0.05) is 6.42 Å². The topological polar surface area (TPSA) is 49.8 Å². The number of hydrogen-bond donors (Lipinski definition) is 1. The number of aliphatic hydroxyl groups is 1. The lowest BCUT2D eigenvalue weighted by Crippen LogP contribution is -2.44. The van der Waals surface area contributed by atoms with E-state index in [1.165, 1.54) is 6.42 Å². The minimum absolute atomic E-state index is 0.218. The molecule has 1 aliphatic carbocycles. The third kappa shape index (κ3) is 4.01. The Morgan fingerprint density at radius 2 is 2.21 bits per heavy atom. The minimum atomic E-state index is -0.431. The van der Waals surface area contributed by atoms with Crippen LogP contribution in [-0.4, -0.2) is 54.2 Å². The summed E-state index contributed by atoms with van der Waals surface area (Å²) in [7, 11) is 0. The van der Waals surface area contributed by atoms with Crippen molar-refractivity contribution in [2.45, 2.75) is 57.6 Å². The molecule has 110 valence electrons. The van der Waals surface area contributed by atoms with Gasteiger partial charge in [0.15, 0.2) is 0 Å². The molecule has 4 nitrogen and oxygen atoms in total. The first-order valence-electron chi connectivity index (χ1n) is 7.75. The van der Waals surface area contributed by atoms with Crippen LogP contribution in [0.3, 0.4) is 0 Å². The van der Waals surface area contributed by atoms with Gasteiger partial charge >= 0.3 is 0 Å². The van der Waals surface area contributed by atoms with Gasteiger partial charge < -0.3 is 9.84 Å². The summed E-state index contributed by atoms with van der Waals surface area (Å²) < 4.78 is 5.26. The van der Waals surface area contributed by atoms with Crippen molar-refractivity contribution >= 4 is 5.78 Å². The van der Waals surface area contributed by atoms with E-state index in [9.17, 15) is 9.90 Å². The predicted molar refractivity (Wildman–Crippen MR) is 74.1 cm³/mol. The highest BCUT2D eigenvalue weighted by Crippen LogP contribution is 2.32. The highest BCUT2D eigenvalue weighted by atomic mass is 16.5. The van der Waals surface area contributed by atoms with Gasteiger partial charge in [0.2, 0.25) is 0 Å². The molecule has 1 saturated heterocycles. The van der Waals surface area contributed by atoms with E-state index < -0.39 is 6.10 Å². The molecule has 1 aliphatic heterocycles. The fourth-order valence-corrected chi connectivity index (χ4v) is 3.53. The normalized spacial score (nSPS) is 30.7. The van der Waals surface area contributed by atoms with Crippen LogP contribution in [0.1, 0.15) is 45.4 Å². The van der Waals surface area contributed by atoms with Gasteiger partial charge in [0, 0.05) is 31.5 Å². The number of carbonyl (C=O) groups excluding carboxylic acids is 1. The number of hydrogen-bond acceptors (Lipinski definition) is 4.